The molecule has 4 rings (SSSR count). The van der Waals surface area contributed by atoms with Crippen LogP contribution in [0.1, 0.15) is 31.7 Å². The van der Waals surface area contributed by atoms with E-state index in [0.717, 1.165) is 44.5 Å². The smallest absolute Gasteiger partial charge is 0.225 e. The quantitative estimate of drug-likeness (QED) is 0.849. The molecule has 5 heteroatoms. The molecule has 3 aliphatic rings. The predicted molar refractivity (Wildman–Crippen MR) is 90.6 cm³/mol. The van der Waals surface area contributed by atoms with Crippen LogP contribution in [-0.2, 0) is 11.2 Å². The molecule has 2 saturated heterocycles. The molecule has 0 N–H and O–H groups in total. The van der Waals surface area contributed by atoms with E-state index in [9.17, 15) is 0 Å². The molecule has 0 bridgehead atoms. The van der Waals surface area contributed by atoms with Crippen molar-refractivity contribution < 1.29 is 4.74 Å². The SMILES string of the molecule is CCc1cnc(N2CC[C@H]3CN(CC4CC4)CCO[C@@H]3C2)nc1. The van der Waals surface area contributed by atoms with Gasteiger partial charge in [0.1, 0.15) is 0 Å². The summed E-state index contributed by atoms with van der Waals surface area (Å²) in [6, 6.07) is 0. The summed E-state index contributed by atoms with van der Waals surface area (Å²) in [6.07, 6.45) is 9.30. The highest BCUT2D eigenvalue weighted by Crippen LogP contribution is 2.32. The van der Waals surface area contributed by atoms with Crippen LogP contribution < -0.4 is 4.90 Å². The van der Waals surface area contributed by atoms with Gasteiger partial charge in [-0.05, 0) is 37.2 Å². The van der Waals surface area contributed by atoms with Crippen LogP contribution in [0.15, 0.2) is 12.4 Å². The van der Waals surface area contributed by atoms with Crippen molar-refractivity contribution in [3.8, 4) is 0 Å². The molecule has 0 spiro atoms. The highest BCUT2D eigenvalue weighted by Gasteiger charge is 2.35. The van der Waals surface area contributed by atoms with Crippen LogP contribution in [0.3, 0.4) is 0 Å². The molecule has 23 heavy (non-hydrogen) atoms. The number of hydrogen-bond acceptors (Lipinski definition) is 5. The van der Waals surface area contributed by atoms with Crippen molar-refractivity contribution in [2.45, 2.75) is 38.7 Å². The number of aromatic nitrogens is 2. The average molecular weight is 316 g/mol. The summed E-state index contributed by atoms with van der Waals surface area (Å²) in [5.41, 5.74) is 1.20. The van der Waals surface area contributed by atoms with Gasteiger partial charge in [-0.15, -0.1) is 0 Å². The number of hydrogen-bond donors (Lipinski definition) is 0. The van der Waals surface area contributed by atoms with Crippen molar-refractivity contribution >= 4 is 5.95 Å². The average Bonchev–Trinajstić information content (AvgIpc) is 3.41. The second-order valence-electron chi connectivity index (χ2n) is 7.35. The highest BCUT2D eigenvalue weighted by molar-refractivity contribution is 5.31. The van der Waals surface area contributed by atoms with Gasteiger partial charge in [-0.25, -0.2) is 9.97 Å². The molecule has 3 fully saturated rings. The molecule has 0 unspecified atom stereocenters. The molecule has 126 valence electrons. The molecule has 0 aromatic carbocycles. The molecule has 0 amide bonds. The maximum atomic E-state index is 6.20. The van der Waals surface area contributed by atoms with E-state index in [-0.39, 0.29) is 0 Å². The largest absolute Gasteiger partial charge is 0.375 e. The van der Waals surface area contributed by atoms with Crippen molar-refractivity contribution in [2.24, 2.45) is 11.8 Å². The van der Waals surface area contributed by atoms with Gasteiger partial charge in [0.05, 0.1) is 12.7 Å². The minimum atomic E-state index is 0.336. The third-order valence-corrected chi connectivity index (χ3v) is 5.52. The van der Waals surface area contributed by atoms with Gasteiger partial charge < -0.3 is 14.5 Å². The van der Waals surface area contributed by atoms with Crippen molar-refractivity contribution in [3.05, 3.63) is 18.0 Å². The fourth-order valence-electron chi connectivity index (χ4n) is 3.83. The van der Waals surface area contributed by atoms with E-state index >= 15 is 0 Å². The fourth-order valence-corrected chi connectivity index (χ4v) is 3.83. The Hall–Kier alpha value is -1.20. The number of aryl methyl sites for hydroxylation is 1. The first-order valence-electron chi connectivity index (χ1n) is 9.21. The zero-order valence-corrected chi connectivity index (χ0v) is 14.2. The van der Waals surface area contributed by atoms with Gasteiger partial charge in [-0.3, -0.25) is 0 Å². The Labute approximate surface area is 139 Å². The van der Waals surface area contributed by atoms with Gasteiger partial charge in [-0.1, -0.05) is 6.92 Å². The van der Waals surface area contributed by atoms with Crippen LogP contribution in [0.5, 0.6) is 0 Å². The Morgan fingerprint density at radius 1 is 1.13 bits per heavy atom. The van der Waals surface area contributed by atoms with Crippen molar-refractivity contribution in [1.29, 1.82) is 0 Å². The van der Waals surface area contributed by atoms with Gasteiger partial charge in [0.2, 0.25) is 5.95 Å². The van der Waals surface area contributed by atoms with Gasteiger partial charge in [-0.2, -0.15) is 0 Å². The maximum absolute atomic E-state index is 6.20. The topological polar surface area (TPSA) is 41.5 Å². The molecule has 5 nitrogen and oxygen atoms in total. The number of nitrogens with zero attached hydrogens (tertiary/aromatic N) is 4. The Bertz CT molecular complexity index is 516. The molecule has 3 heterocycles. The molecule has 1 saturated carbocycles. The fraction of sp³-hybridized carbons (Fsp3) is 0.778. The summed E-state index contributed by atoms with van der Waals surface area (Å²) in [6.45, 7) is 8.60. The summed E-state index contributed by atoms with van der Waals surface area (Å²) in [5.74, 6) is 2.50. The Balaban J connectivity index is 1.38. The van der Waals surface area contributed by atoms with E-state index in [0.29, 0.717) is 12.0 Å². The molecule has 0 radical (unpaired) electrons. The normalized spacial score (nSPS) is 29.2. The molecule has 1 aromatic rings. The van der Waals surface area contributed by atoms with E-state index in [1.807, 2.05) is 12.4 Å². The molecular formula is C18H28N4O. The van der Waals surface area contributed by atoms with E-state index in [4.69, 9.17) is 4.74 Å². The summed E-state index contributed by atoms with van der Waals surface area (Å²) in [5, 5.41) is 0. The van der Waals surface area contributed by atoms with E-state index in [1.165, 1.54) is 37.9 Å². The second kappa shape index (κ2) is 6.73. The Morgan fingerprint density at radius 2 is 1.96 bits per heavy atom. The third-order valence-electron chi connectivity index (χ3n) is 5.52. The predicted octanol–water partition coefficient (Wildman–Crippen LogP) is 1.98. The van der Waals surface area contributed by atoms with Crippen LogP contribution >= 0.6 is 0 Å². The summed E-state index contributed by atoms with van der Waals surface area (Å²) >= 11 is 0. The zero-order chi connectivity index (χ0) is 15.6. The molecular weight excluding hydrogens is 288 g/mol. The van der Waals surface area contributed by atoms with Crippen molar-refractivity contribution in [3.63, 3.8) is 0 Å². The number of ether oxygens (including phenoxy) is 1. The minimum absolute atomic E-state index is 0.336. The third kappa shape index (κ3) is 3.66. The van der Waals surface area contributed by atoms with Gasteiger partial charge in [0.15, 0.2) is 0 Å². The second-order valence-corrected chi connectivity index (χ2v) is 7.35. The van der Waals surface area contributed by atoms with Crippen molar-refractivity contribution in [2.75, 3.05) is 44.2 Å². The lowest BCUT2D eigenvalue weighted by Gasteiger charge is -2.38. The van der Waals surface area contributed by atoms with E-state index in [1.54, 1.807) is 0 Å². The van der Waals surface area contributed by atoms with E-state index in [2.05, 4.69) is 26.7 Å². The number of fused-ring (bicyclic) bond motifs is 1. The summed E-state index contributed by atoms with van der Waals surface area (Å²) in [4.78, 5) is 14.0. The lowest BCUT2D eigenvalue weighted by molar-refractivity contribution is 0.0249. The van der Waals surface area contributed by atoms with Gasteiger partial charge >= 0.3 is 0 Å². The minimum Gasteiger partial charge on any atom is -0.375 e. The summed E-state index contributed by atoms with van der Waals surface area (Å²) < 4.78 is 6.20. The first-order chi connectivity index (χ1) is 11.3. The summed E-state index contributed by atoms with van der Waals surface area (Å²) in [7, 11) is 0. The lowest BCUT2D eigenvalue weighted by atomic mass is 9.93. The van der Waals surface area contributed by atoms with Crippen LogP contribution in [0.4, 0.5) is 5.95 Å². The van der Waals surface area contributed by atoms with Crippen LogP contribution in [-0.4, -0.2) is 60.3 Å². The molecule has 2 atom stereocenters. The van der Waals surface area contributed by atoms with Gasteiger partial charge in [0, 0.05) is 51.0 Å². The monoisotopic (exact) mass is 316 g/mol. The Morgan fingerprint density at radius 3 is 2.70 bits per heavy atom. The molecule has 1 aliphatic carbocycles. The molecule has 2 aliphatic heterocycles. The van der Waals surface area contributed by atoms with Crippen LogP contribution in [0, 0.1) is 11.8 Å². The first-order valence-corrected chi connectivity index (χ1v) is 9.21. The van der Waals surface area contributed by atoms with Crippen molar-refractivity contribution in [1.82, 2.24) is 14.9 Å². The number of piperidine rings is 1. The zero-order valence-electron chi connectivity index (χ0n) is 14.2. The van der Waals surface area contributed by atoms with Crippen LogP contribution in [0.2, 0.25) is 0 Å². The lowest BCUT2D eigenvalue weighted by Crippen LogP contribution is -2.47. The standard InChI is InChI=1S/C18H28N4O/c1-2-14-9-19-18(20-10-14)22-6-5-16-12-21(11-15-3-4-15)7-8-23-17(16)13-22/h9-10,15-17H,2-8,11-13H2,1H3/t16-,17+/m0/s1. The van der Waals surface area contributed by atoms with E-state index < -0.39 is 0 Å². The maximum Gasteiger partial charge on any atom is 0.225 e. The number of rotatable bonds is 4. The number of anilines is 1. The van der Waals surface area contributed by atoms with Gasteiger partial charge in [0.25, 0.3) is 0 Å². The van der Waals surface area contributed by atoms with Crippen LogP contribution in [0.25, 0.3) is 0 Å². The highest BCUT2D eigenvalue weighted by atomic mass is 16.5. The Kier molecular flexibility index (Phi) is 4.49. The molecule has 1 aromatic heterocycles. The first kappa shape index (κ1) is 15.3.